The van der Waals surface area contributed by atoms with E-state index in [0.29, 0.717) is 12.0 Å². The molecule has 0 aliphatic carbocycles. The second kappa shape index (κ2) is 7.31. The maximum absolute atomic E-state index is 12.5. The average Bonchev–Trinajstić information content (AvgIpc) is 3.10. The molecule has 4 heterocycles. The standard InChI is InChI=1S/C20H27N5O2/c1-13(2)21-20(27)18-11-24-7-6-14(18)8-16(24)10-25-12-19(22-23-25)15-4-3-5-17(26)9-15/h3-5,9,12-14,16,18,26H,6-8,10-11H2,1-2H3,(H,21,27)/t14-,16+,18-/m0/s1. The molecule has 2 bridgehead atoms. The van der Waals surface area contributed by atoms with Gasteiger partial charge < -0.3 is 10.4 Å². The number of aromatic hydroxyl groups is 1. The highest BCUT2D eigenvalue weighted by Gasteiger charge is 2.43. The SMILES string of the molecule is CC(C)NC(=O)[C@H]1CN2CC[C@H]1C[C@@H]2Cn1cc(-c2cccc(O)c2)nn1. The van der Waals surface area contributed by atoms with Crippen LogP contribution < -0.4 is 5.32 Å². The molecular weight excluding hydrogens is 342 g/mol. The monoisotopic (exact) mass is 369 g/mol. The Morgan fingerprint density at radius 3 is 2.96 bits per heavy atom. The molecule has 1 aromatic carbocycles. The Labute approximate surface area is 159 Å². The highest BCUT2D eigenvalue weighted by atomic mass is 16.3. The smallest absolute Gasteiger partial charge is 0.224 e. The fourth-order valence-electron chi connectivity index (χ4n) is 4.42. The van der Waals surface area contributed by atoms with Crippen molar-refractivity contribution in [3.05, 3.63) is 30.5 Å². The van der Waals surface area contributed by atoms with Crippen molar-refractivity contribution in [3.63, 3.8) is 0 Å². The molecule has 3 saturated heterocycles. The Bertz CT molecular complexity index is 818. The lowest BCUT2D eigenvalue weighted by atomic mass is 9.75. The van der Waals surface area contributed by atoms with Gasteiger partial charge >= 0.3 is 0 Å². The van der Waals surface area contributed by atoms with Crippen molar-refractivity contribution in [2.24, 2.45) is 11.8 Å². The molecule has 144 valence electrons. The number of phenolic OH excluding ortho intramolecular Hbond substituents is 1. The van der Waals surface area contributed by atoms with E-state index in [1.807, 2.05) is 30.8 Å². The lowest BCUT2D eigenvalue weighted by Crippen LogP contribution is -2.58. The summed E-state index contributed by atoms with van der Waals surface area (Å²) in [6.07, 6.45) is 4.05. The third-order valence-corrected chi connectivity index (χ3v) is 5.72. The van der Waals surface area contributed by atoms with Gasteiger partial charge in [0.15, 0.2) is 0 Å². The Kier molecular flexibility index (Phi) is 4.86. The second-order valence-corrected chi connectivity index (χ2v) is 8.08. The second-order valence-electron chi connectivity index (χ2n) is 8.08. The van der Waals surface area contributed by atoms with Crippen molar-refractivity contribution in [2.75, 3.05) is 13.1 Å². The van der Waals surface area contributed by atoms with Crippen LogP contribution in [0.5, 0.6) is 5.75 Å². The van der Waals surface area contributed by atoms with Gasteiger partial charge in [-0.1, -0.05) is 17.3 Å². The lowest BCUT2D eigenvalue weighted by Gasteiger charge is -2.49. The summed E-state index contributed by atoms with van der Waals surface area (Å²) >= 11 is 0. The topological polar surface area (TPSA) is 83.3 Å². The minimum absolute atomic E-state index is 0.107. The zero-order valence-corrected chi connectivity index (χ0v) is 15.9. The number of hydrogen-bond acceptors (Lipinski definition) is 5. The van der Waals surface area contributed by atoms with Crippen molar-refractivity contribution in [3.8, 4) is 17.0 Å². The Morgan fingerprint density at radius 1 is 1.41 bits per heavy atom. The Hall–Kier alpha value is -2.41. The van der Waals surface area contributed by atoms with E-state index >= 15 is 0 Å². The molecule has 0 spiro atoms. The highest BCUT2D eigenvalue weighted by molar-refractivity contribution is 5.79. The zero-order chi connectivity index (χ0) is 19.0. The van der Waals surface area contributed by atoms with Gasteiger partial charge in [-0.3, -0.25) is 14.4 Å². The van der Waals surface area contributed by atoms with Crippen LogP contribution in [-0.2, 0) is 11.3 Å². The molecule has 3 fully saturated rings. The number of piperidine rings is 3. The molecule has 1 amide bonds. The van der Waals surface area contributed by atoms with Crippen molar-refractivity contribution < 1.29 is 9.90 Å². The van der Waals surface area contributed by atoms with Gasteiger partial charge in [-0.25, -0.2) is 0 Å². The van der Waals surface area contributed by atoms with E-state index in [1.165, 1.54) is 0 Å². The maximum atomic E-state index is 12.5. The van der Waals surface area contributed by atoms with Crippen molar-refractivity contribution in [1.82, 2.24) is 25.2 Å². The van der Waals surface area contributed by atoms with Crippen LogP contribution in [0.3, 0.4) is 0 Å². The van der Waals surface area contributed by atoms with Gasteiger partial charge in [0.1, 0.15) is 11.4 Å². The quantitative estimate of drug-likeness (QED) is 0.841. The van der Waals surface area contributed by atoms with Crippen molar-refractivity contribution in [1.29, 1.82) is 0 Å². The normalized spacial score (nSPS) is 27.1. The number of phenols is 1. The highest BCUT2D eigenvalue weighted by Crippen LogP contribution is 2.37. The van der Waals surface area contributed by atoms with E-state index in [1.54, 1.807) is 18.2 Å². The van der Waals surface area contributed by atoms with Crippen LogP contribution in [0.15, 0.2) is 30.5 Å². The van der Waals surface area contributed by atoms with Crippen LogP contribution in [0.25, 0.3) is 11.3 Å². The van der Waals surface area contributed by atoms with E-state index in [9.17, 15) is 9.90 Å². The first-order valence-electron chi connectivity index (χ1n) is 9.73. The predicted molar refractivity (Wildman–Crippen MR) is 102 cm³/mol. The number of aromatic nitrogens is 3. The molecule has 7 heteroatoms. The number of nitrogens with zero attached hydrogens (tertiary/aromatic N) is 4. The van der Waals surface area contributed by atoms with Gasteiger partial charge in [-0.05, 0) is 51.3 Å². The van der Waals surface area contributed by atoms with Crippen molar-refractivity contribution >= 4 is 5.91 Å². The first-order valence-corrected chi connectivity index (χ1v) is 9.73. The zero-order valence-electron chi connectivity index (χ0n) is 15.9. The minimum Gasteiger partial charge on any atom is -0.508 e. The first-order chi connectivity index (χ1) is 13.0. The number of amides is 1. The van der Waals surface area contributed by atoms with E-state index < -0.39 is 0 Å². The number of carbonyl (C=O) groups excluding carboxylic acids is 1. The summed E-state index contributed by atoms with van der Waals surface area (Å²) in [6, 6.07) is 7.64. The van der Waals surface area contributed by atoms with E-state index in [4.69, 9.17) is 0 Å². The van der Waals surface area contributed by atoms with Crippen molar-refractivity contribution in [2.45, 2.75) is 45.3 Å². The fraction of sp³-hybridized carbons (Fsp3) is 0.550. The molecule has 2 N–H and O–H groups in total. The molecule has 5 rings (SSSR count). The van der Waals surface area contributed by atoms with Gasteiger partial charge in [0.2, 0.25) is 5.91 Å². The van der Waals surface area contributed by atoms with Crippen LogP contribution in [0.1, 0.15) is 26.7 Å². The summed E-state index contributed by atoms with van der Waals surface area (Å²) in [5.74, 6) is 0.984. The van der Waals surface area contributed by atoms with Crippen LogP contribution in [-0.4, -0.2) is 56.1 Å². The van der Waals surface area contributed by atoms with E-state index in [-0.39, 0.29) is 23.6 Å². The summed E-state index contributed by atoms with van der Waals surface area (Å²) in [4.78, 5) is 14.9. The number of rotatable bonds is 5. The van der Waals surface area contributed by atoms with E-state index in [0.717, 1.165) is 43.7 Å². The summed E-state index contributed by atoms with van der Waals surface area (Å²) in [6.45, 7) is 6.69. The molecular formula is C20H27N5O2. The summed E-state index contributed by atoms with van der Waals surface area (Å²) < 4.78 is 1.88. The molecule has 1 unspecified atom stereocenters. The third kappa shape index (κ3) is 3.83. The number of hydrogen-bond donors (Lipinski definition) is 2. The summed E-state index contributed by atoms with van der Waals surface area (Å²) in [5.41, 5.74) is 1.62. The van der Waals surface area contributed by atoms with Gasteiger partial charge in [0, 0.05) is 24.2 Å². The molecule has 2 aromatic rings. The van der Waals surface area contributed by atoms with Crippen LogP contribution in [0.2, 0.25) is 0 Å². The fourth-order valence-corrected chi connectivity index (χ4v) is 4.42. The number of nitrogens with one attached hydrogen (secondary N) is 1. The molecule has 3 aliphatic heterocycles. The number of fused-ring (bicyclic) bond motifs is 3. The van der Waals surface area contributed by atoms with Crippen LogP contribution in [0, 0.1) is 11.8 Å². The Balaban J connectivity index is 1.41. The molecule has 1 aromatic heterocycles. The molecule has 3 aliphatic rings. The molecule has 0 radical (unpaired) electrons. The molecule has 7 nitrogen and oxygen atoms in total. The maximum Gasteiger partial charge on any atom is 0.224 e. The predicted octanol–water partition coefficient (Wildman–Crippen LogP) is 1.89. The van der Waals surface area contributed by atoms with Crippen LogP contribution >= 0.6 is 0 Å². The van der Waals surface area contributed by atoms with Gasteiger partial charge in [0.05, 0.1) is 18.7 Å². The van der Waals surface area contributed by atoms with Crippen LogP contribution in [0.4, 0.5) is 0 Å². The number of carbonyl (C=O) groups is 1. The van der Waals surface area contributed by atoms with Gasteiger partial charge in [0.25, 0.3) is 0 Å². The van der Waals surface area contributed by atoms with Gasteiger partial charge in [-0.2, -0.15) is 0 Å². The molecule has 27 heavy (non-hydrogen) atoms. The minimum atomic E-state index is 0.107. The first kappa shape index (κ1) is 18.0. The largest absolute Gasteiger partial charge is 0.508 e. The average molecular weight is 369 g/mol. The molecule has 0 saturated carbocycles. The number of benzene rings is 1. The molecule has 4 atom stereocenters. The van der Waals surface area contributed by atoms with E-state index in [2.05, 4.69) is 20.5 Å². The lowest BCUT2D eigenvalue weighted by molar-refractivity contribution is -0.133. The van der Waals surface area contributed by atoms with Gasteiger partial charge in [-0.15, -0.1) is 5.10 Å². The Morgan fingerprint density at radius 2 is 2.26 bits per heavy atom. The third-order valence-electron chi connectivity index (χ3n) is 5.72. The summed E-state index contributed by atoms with van der Waals surface area (Å²) in [7, 11) is 0. The summed E-state index contributed by atoms with van der Waals surface area (Å²) in [5, 5.41) is 21.2.